The highest BCUT2D eigenvalue weighted by Gasteiger charge is 2.33. The molecule has 3 nitrogen and oxygen atoms in total. The van der Waals surface area contributed by atoms with Crippen LogP contribution in [0.15, 0.2) is 36.4 Å². The number of hydrogen-bond acceptors (Lipinski definition) is 3. The van der Waals surface area contributed by atoms with E-state index < -0.39 is 0 Å². The van der Waals surface area contributed by atoms with Crippen molar-refractivity contribution in [2.45, 2.75) is 32.2 Å². The van der Waals surface area contributed by atoms with Crippen LogP contribution in [0.25, 0.3) is 0 Å². The van der Waals surface area contributed by atoms with Crippen LogP contribution in [-0.2, 0) is 12.8 Å². The number of para-hydroxylation sites is 1. The molecule has 0 radical (unpaired) electrons. The average Bonchev–Trinajstić information content (AvgIpc) is 2.67. The smallest absolute Gasteiger partial charge is 0.136 e. The topological polar surface area (TPSA) is 32.7 Å². The van der Waals surface area contributed by atoms with E-state index in [1.807, 2.05) is 18.2 Å². The second kappa shape index (κ2) is 5.33. The minimum Gasteiger partial charge on any atom is -0.508 e. The van der Waals surface area contributed by atoms with Crippen LogP contribution in [-0.4, -0.2) is 23.1 Å². The summed E-state index contributed by atoms with van der Waals surface area (Å²) in [6.07, 6.45) is 3.11. The summed E-state index contributed by atoms with van der Waals surface area (Å²) < 4.78 is 6.17. The lowest BCUT2D eigenvalue weighted by Crippen LogP contribution is -2.36. The van der Waals surface area contributed by atoms with Crippen LogP contribution in [0.4, 0.5) is 0 Å². The summed E-state index contributed by atoms with van der Waals surface area (Å²) in [4.78, 5) is 2.56. The first-order valence-corrected chi connectivity index (χ1v) is 8.12. The zero-order valence-electron chi connectivity index (χ0n) is 12.9. The van der Waals surface area contributed by atoms with Gasteiger partial charge in [-0.3, -0.25) is 4.90 Å². The van der Waals surface area contributed by atoms with Crippen molar-refractivity contribution >= 4 is 0 Å². The Labute approximate surface area is 131 Å². The zero-order chi connectivity index (χ0) is 15.1. The molecule has 1 N–H and O–H groups in total. The molecule has 1 unspecified atom stereocenters. The molecule has 114 valence electrons. The molecule has 4 rings (SSSR count). The van der Waals surface area contributed by atoms with Gasteiger partial charge in [-0.05, 0) is 49.1 Å². The van der Waals surface area contributed by atoms with E-state index in [4.69, 9.17) is 4.74 Å². The number of phenolic OH excluding ortho intramolecular Hbond substituents is 1. The van der Waals surface area contributed by atoms with Crippen molar-refractivity contribution in [2.24, 2.45) is 0 Å². The number of rotatable bonds is 2. The number of ether oxygens (including phenoxy) is 1. The molecule has 2 aromatic carbocycles. The normalized spacial score (nSPS) is 19.8. The monoisotopic (exact) mass is 295 g/mol. The number of fused-ring (bicyclic) bond motifs is 1. The van der Waals surface area contributed by atoms with Gasteiger partial charge in [-0.15, -0.1) is 0 Å². The molecule has 0 saturated carbocycles. The van der Waals surface area contributed by atoms with Crippen LogP contribution in [0.5, 0.6) is 17.2 Å². The Morgan fingerprint density at radius 1 is 1.18 bits per heavy atom. The Balaban J connectivity index is 1.88. The molecule has 0 aliphatic carbocycles. The quantitative estimate of drug-likeness (QED) is 0.907. The SMILES string of the molecule is CCCN1CCc2cc(O)cc3c2C1Cc1ccccc1O3. The summed E-state index contributed by atoms with van der Waals surface area (Å²) in [6, 6.07) is 12.3. The van der Waals surface area contributed by atoms with Gasteiger partial charge in [-0.25, -0.2) is 0 Å². The minimum absolute atomic E-state index is 0.302. The summed E-state index contributed by atoms with van der Waals surface area (Å²) in [5.41, 5.74) is 3.76. The highest BCUT2D eigenvalue weighted by atomic mass is 16.5. The molecule has 3 heteroatoms. The summed E-state index contributed by atoms with van der Waals surface area (Å²) >= 11 is 0. The van der Waals surface area contributed by atoms with Gasteiger partial charge in [-0.1, -0.05) is 25.1 Å². The molecule has 0 amide bonds. The number of aromatic hydroxyl groups is 1. The molecule has 2 heterocycles. The third kappa shape index (κ3) is 2.17. The van der Waals surface area contributed by atoms with Gasteiger partial charge in [0, 0.05) is 24.2 Å². The average molecular weight is 295 g/mol. The van der Waals surface area contributed by atoms with E-state index in [2.05, 4.69) is 24.0 Å². The summed E-state index contributed by atoms with van der Waals surface area (Å²) in [7, 11) is 0. The predicted molar refractivity (Wildman–Crippen MR) is 86.6 cm³/mol. The maximum atomic E-state index is 10.0. The van der Waals surface area contributed by atoms with Crippen molar-refractivity contribution in [3.63, 3.8) is 0 Å². The fourth-order valence-electron chi connectivity index (χ4n) is 3.83. The Bertz CT molecular complexity index is 711. The van der Waals surface area contributed by atoms with Crippen LogP contribution in [0.2, 0.25) is 0 Å². The Morgan fingerprint density at radius 3 is 2.91 bits per heavy atom. The molecule has 0 bridgehead atoms. The van der Waals surface area contributed by atoms with Gasteiger partial charge in [-0.2, -0.15) is 0 Å². The van der Waals surface area contributed by atoms with Gasteiger partial charge in [0.05, 0.1) is 0 Å². The van der Waals surface area contributed by atoms with Crippen molar-refractivity contribution in [1.29, 1.82) is 0 Å². The van der Waals surface area contributed by atoms with Gasteiger partial charge in [0.25, 0.3) is 0 Å². The molecule has 2 aromatic rings. The standard InChI is InChI=1S/C19H21NO2/c1-2-8-20-9-7-14-10-15(21)12-18-19(14)16(20)11-13-5-3-4-6-17(13)22-18/h3-6,10,12,16,21H,2,7-9,11H2,1H3. The third-order valence-corrected chi connectivity index (χ3v) is 4.77. The lowest BCUT2D eigenvalue weighted by atomic mass is 9.88. The highest BCUT2D eigenvalue weighted by molar-refractivity contribution is 5.54. The number of phenols is 1. The Kier molecular flexibility index (Phi) is 3.30. The van der Waals surface area contributed by atoms with Gasteiger partial charge >= 0.3 is 0 Å². The van der Waals surface area contributed by atoms with Crippen molar-refractivity contribution in [1.82, 2.24) is 4.90 Å². The molecule has 0 fully saturated rings. The Hall–Kier alpha value is -2.00. The van der Waals surface area contributed by atoms with Crippen molar-refractivity contribution < 1.29 is 9.84 Å². The molecule has 2 aliphatic rings. The van der Waals surface area contributed by atoms with Crippen molar-refractivity contribution in [2.75, 3.05) is 13.1 Å². The second-order valence-electron chi connectivity index (χ2n) is 6.23. The maximum absolute atomic E-state index is 10.0. The number of nitrogens with zero attached hydrogens (tertiary/aromatic N) is 1. The molecular weight excluding hydrogens is 274 g/mol. The zero-order valence-corrected chi connectivity index (χ0v) is 12.9. The highest BCUT2D eigenvalue weighted by Crippen LogP contribution is 2.46. The first-order chi connectivity index (χ1) is 10.8. The molecule has 0 saturated heterocycles. The predicted octanol–water partition coefficient (Wildman–Crippen LogP) is 4.05. The first-order valence-electron chi connectivity index (χ1n) is 8.12. The van der Waals surface area contributed by atoms with E-state index in [1.165, 1.54) is 16.7 Å². The maximum Gasteiger partial charge on any atom is 0.136 e. The lowest BCUT2D eigenvalue weighted by Gasteiger charge is -2.37. The summed E-state index contributed by atoms with van der Waals surface area (Å²) in [5, 5.41) is 10.0. The van der Waals surface area contributed by atoms with E-state index in [9.17, 15) is 5.11 Å². The lowest BCUT2D eigenvalue weighted by molar-refractivity contribution is 0.183. The fraction of sp³-hybridized carbons (Fsp3) is 0.368. The van der Waals surface area contributed by atoms with E-state index in [1.54, 1.807) is 6.07 Å². The minimum atomic E-state index is 0.302. The molecule has 2 aliphatic heterocycles. The van der Waals surface area contributed by atoms with Gasteiger partial charge in [0.15, 0.2) is 0 Å². The molecular formula is C19H21NO2. The Morgan fingerprint density at radius 2 is 2.05 bits per heavy atom. The molecule has 1 atom stereocenters. The van der Waals surface area contributed by atoms with Crippen LogP contribution >= 0.6 is 0 Å². The van der Waals surface area contributed by atoms with Crippen molar-refractivity contribution in [3.8, 4) is 17.2 Å². The van der Waals surface area contributed by atoms with Gasteiger partial charge in [0.2, 0.25) is 0 Å². The second-order valence-corrected chi connectivity index (χ2v) is 6.23. The van der Waals surface area contributed by atoms with E-state index >= 15 is 0 Å². The van der Waals surface area contributed by atoms with Gasteiger partial charge in [0.1, 0.15) is 17.2 Å². The van der Waals surface area contributed by atoms with Crippen molar-refractivity contribution in [3.05, 3.63) is 53.1 Å². The molecule has 22 heavy (non-hydrogen) atoms. The molecule has 0 spiro atoms. The van der Waals surface area contributed by atoms with Crippen LogP contribution in [0.1, 0.15) is 36.1 Å². The van der Waals surface area contributed by atoms with E-state index in [-0.39, 0.29) is 0 Å². The summed E-state index contributed by atoms with van der Waals surface area (Å²) in [6.45, 7) is 4.39. The van der Waals surface area contributed by atoms with Gasteiger partial charge < -0.3 is 9.84 Å². The molecule has 0 aromatic heterocycles. The third-order valence-electron chi connectivity index (χ3n) is 4.77. The van der Waals surface area contributed by atoms with Crippen LogP contribution in [0.3, 0.4) is 0 Å². The summed E-state index contributed by atoms with van der Waals surface area (Å²) in [5.74, 6) is 2.04. The van der Waals surface area contributed by atoms with E-state index in [0.29, 0.717) is 11.8 Å². The first kappa shape index (κ1) is 13.6. The van der Waals surface area contributed by atoms with Crippen LogP contribution in [0, 0.1) is 0 Å². The van der Waals surface area contributed by atoms with E-state index in [0.717, 1.165) is 43.9 Å². The largest absolute Gasteiger partial charge is 0.508 e. The van der Waals surface area contributed by atoms with Crippen LogP contribution < -0.4 is 4.74 Å². The number of benzene rings is 2. The fourth-order valence-corrected chi connectivity index (χ4v) is 3.83. The number of hydrogen-bond donors (Lipinski definition) is 1.